The molecule has 1 atom stereocenters. The summed E-state index contributed by atoms with van der Waals surface area (Å²) in [6.07, 6.45) is 2.08. The predicted octanol–water partition coefficient (Wildman–Crippen LogP) is 3.59. The number of ether oxygens (including phenoxy) is 1. The molecule has 3 aromatic carbocycles. The number of amides is 1. The third-order valence-electron chi connectivity index (χ3n) is 5.59. The molecule has 0 radical (unpaired) electrons. The Hall–Kier alpha value is -3.49. The van der Waals surface area contributed by atoms with Crippen LogP contribution >= 0.6 is 0 Å². The summed E-state index contributed by atoms with van der Waals surface area (Å²) in [4.78, 5) is 24.9. The molecule has 0 aromatic heterocycles. The van der Waals surface area contributed by atoms with E-state index in [1.165, 1.54) is 24.3 Å². The fourth-order valence-electron chi connectivity index (χ4n) is 3.64. The zero-order chi connectivity index (χ0) is 24.0. The summed E-state index contributed by atoms with van der Waals surface area (Å²) in [6.45, 7) is -0.320. The topological polar surface area (TPSA) is 102 Å². The van der Waals surface area contributed by atoms with Crippen LogP contribution in [0.2, 0.25) is 0 Å². The van der Waals surface area contributed by atoms with E-state index >= 15 is 0 Å². The molecular formula is C26H26N2O5S. The molecule has 1 amide bonds. The summed E-state index contributed by atoms with van der Waals surface area (Å²) in [5.74, 6) is -0.785. The van der Waals surface area contributed by atoms with Gasteiger partial charge in [0, 0.05) is 6.54 Å². The SMILES string of the molecule is O=C(COC(=O)c1cccc(S(=O)(=O)NCc2ccccc2)c1)NC(c1ccccc1)C1CC1. The van der Waals surface area contributed by atoms with Gasteiger partial charge in [-0.15, -0.1) is 0 Å². The van der Waals surface area contributed by atoms with Crippen LogP contribution in [0.1, 0.15) is 40.4 Å². The lowest BCUT2D eigenvalue weighted by atomic mass is 10.0. The van der Waals surface area contributed by atoms with Gasteiger partial charge in [0.2, 0.25) is 10.0 Å². The zero-order valence-corrected chi connectivity index (χ0v) is 19.3. The Morgan fingerprint density at radius 2 is 1.59 bits per heavy atom. The molecule has 0 spiro atoms. The van der Waals surface area contributed by atoms with E-state index in [0.29, 0.717) is 5.92 Å². The minimum Gasteiger partial charge on any atom is -0.452 e. The van der Waals surface area contributed by atoms with Crippen LogP contribution < -0.4 is 10.0 Å². The first-order valence-corrected chi connectivity index (χ1v) is 12.6. The summed E-state index contributed by atoms with van der Waals surface area (Å²) in [5.41, 5.74) is 1.88. The Balaban J connectivity index is 1.34. The molecule has 2 N–H and O–H groups in total. The number of carbonyl (C=O) groups excluding carboxylic acids is 2. The molecule has 0 saturated heterocycles. The van der Waals surface area contributed by atoms with Gasteiger partial charge in [-0.05, 0) is 48.1 Å². The first-order valence-electron chi connectivity index (χ1n) is 11.1. The molecule has 0 bridgehead atoms. The van der Waals surface area contributed by atoms with Crippen molar-refractivity contribution in [2.45, 2.75) is 30.3 Å². The second-order valence-electron chi connectivity index (χ2n) is 8.21. The van der Waals surface area contributed by atoms with E-state index in [4.69, 9.17) is 4.74 Å². The molecule has 1 fully saturated rings. The molecule has 7 nitrogen and oxygen atoms in total. The van der Waals surface area contributed by atoms with Gasteiger partial charge in [-0.2, -0.15) is 0 Å². The minimum absolute atomic E-state index is 0.0530. The summed E-state index contributed by atoms with van der Waals surface area (Å²) in [7, 11) is -3.83. The molecule has 176 valence electrons. The average molecular weight is 479 g/mol. The van der Waals surface area contributed by atoms with Gasteiger partial charge in [0.05, 0.1) is 16.5 Å². The first-order chi connectivity index (χ1) is 16.4. The van der Waals surface area contributed by atoms with E-state index in [2.05, 4.69) is 10.0 Å². The van der Waals surface area contributed by atoms with Gasteiger partial charge in [-0.1, -0.05) is 66.7 Å². The largest absolute Gasteiger partial charge is 0.452 e. The number of hydrogen-bond acceptors (Lipinski definition) is 5. The smallest absolute Gasteiger partial charge is 0.338 e. The fourth-order valence-corrected chi connectivity index (χ4v) is 4.70. The average Bonchev–Trinajstić information content (AvgIpc) is 3.71. The quantitative estimate of drug-likeness (QED) is 0.434. The van der Waals surface area contributed by atoms with Crippen LogP contribution in [0.4, 0.5) is 0 Å². The highest BCUT2D eigenvalue weighted by Crippen LogP contribution is 2.40. The molecule has 4 rings (SSSR count). The van der Waals surface area contributed by atoms with Crippen LogP contribution in [0.25, 0.3) is 0 Å². The summed E-state index contributed by atoms with van der Waals surface area (Å²) in [5, 5.41) is 2.95. The van der Waals surface area contributed by atoms with Crippen molar-refractivity contribution in [2.75, 3.05) is 6.61 Å². The number of hydrogen-bond donors (Lipinski definition) is 2. The summed E-state index contributed by atoms with van der Waals surface area (Å²) < 4.78 is 33.0. The lowest BCUT2D eigenvalue weighted by Gasteiger charge is -2.18. The van der Waals surface area contributed by atoms with E-state index in [1.807, 2.05) is 60.7 Å². The molecule has 1 aliphatic rings. The molecule has 1 unspecified atom stereocenters. The van der Waals surface area contributed by atoms with Crippen molar-refractivity contribution < 1.29 is 22.7 Å². The Labute approximate surface area is 199 Å². The lowest BCUT2D eigenvalue weighted by Crippen LogP contribution is -2.33. The number of nitrogens with one attached hydrogen (secondary N) is 2. The molecule has 1 saturated carbocycles. The zero-order valence-electron chi connectivity index (χ0n) is 18.5. The number of benzene rings is 3. The van der Waals surface area contributed by atoms with Crippen molar-refractivity contribution in [3.63, 3.8) is 0 Å². The first kappa shape index (κ1) is 23.7. The van der Waals surface area contributed by atoms with Gasteiger partial charge >= 0.3 is 5.97 Å². The van der Waals surface area contributed by atoms with Gasteiger partial charge in [0.15, 0.2) is 6.61 Å². The second kappa shape index (κ2) is 10.6. The molecule has 34 heavy (non-hydrogen) atoms. The van der Waals surface area contributed by atoms with Gasteiger partial charge in [0.25, 0.3) is 5.91 Å². The lowest BCUT2D eigenvalue weighted by molar-refractivity contribution is -0.125. The third-order valence-corrected chi connectivity index (χ3v) is 6.99. The molecule has 1 aliphatic carbocycles. The standard InChI is InChI=1S/C26H26N2O5S/c29-24(28-25(21-14-15-21)20-10-5-2-6-11-20)18-33-26(30)22-12-7-13-23(16-22)34(31,32)27-17-19-8-3-1-4-9-19/h1-13,16,21,25,27H,14-15,17-18H2,(H,28,29). The van der Waals surface area contributed by atoms with E-state index in [0.717, 1.165) is 24.0 Å². The Bertz CT molecular complexity index is 1240. The van der Waals surface area contributed by atoms with E-state index in [1.54, 1.807) is 0 Å². The normalized spacial score (nSPS) is 14.2. The van der Waals surface area contributed by atoms with Crippen LogP contribution in [-0.2, 0) is 26.1 Å². The molecule has 3 aromatic rings. The highest BCUT2D eigenvalue weighted by molar-refractivity contribution is 7.89. The van der Waals surface area contributed by atoms with E-state index in [9.17, 15) is 18.0 Å². The minimum atomic E-state index is -3.83. The maximum absolute atomic E-state index is 12.6. The predicted molar refractivity (Wildman–Crippen MR) is 127 cm³/mol. The van der Waals surface area contributed by atoms with Gasteiger partial charge in [-0.3, -0.25) is 4.79 Å². The van der Waals surface area contributed by atoms with Crippen molar-refractivity contribution in [1.29, 1.82) is 0 Å². The Kier molecular flexibility index (Phi) is 7.40. The molecule has 0 aliphatic heterocycles. The molecule has 8 heteroatoms. The van der Waals surface area contributed by atoms with Crippen LogP contribution in [0.15, 0.2) is 89.8 Å². The summed E-state index contributed by atoms with van der Waals surface area (Å²) >= 11 is 0. The Morgan fingerprint density at radius 1 is 0.912 bits per heavy atom. The van der Waals surface area contributed by atoms with Crippen molar-refractivity contribution in [2.24, 2.45) is 5.92 Å². The molecule has 0 heterocycles. The number of sulfonamides is 1. The maximum Gasteiger partial charge on any atom is 0.338 e. The number of carbonyl (C=O) groups is 2. The Morgan fingerprint density at radius 3 is 2.26 bits per heavy atom. The van der Waals surface area contributed by atoms with Crippen molar-refractivity contribution in [3.05, 3.63) is 102 Å². The summed E-state index contributed by atoms with van der Waals surface area (Å²) in [6, 6.07) is 24.3. The van der Waals surface area contributed by atoms with Gasteiger partial charge < -0.3 is 10.1 Å². The monoisotopic (exact) mass is 478 g/mol. The van der Waals surface area contributed by atoms with Crippen LogP contribution in [0.5, 0.6) is 0 Å². The fraction of sp³-hybridized carbons (Fsp3) is 0.231. The van der Waals surface area contributed by atoms with Crippen molar-refractivity contribution in [3.8, 4) is 0 Å². The van der Waals surface area contributed by atoms with E-state index < -0.39 is 28.5 Å². The van der Waals surface area contributed by atoms with Crippen LogP contribution in [0, 0.1) is 5.92 Å². The number of esters is 1. The highest BCUT2D eigenvalue weighted by Gasteiger charge is 2.33. The number of rotatable bonds is 10. The third kappa shape index (κ3) is 6.30. The highest BCUT2D eigenvalue weighted by atomic mass is 32.2. The van der Waals surface area contributed by atoms with Gasteiger partial charge in [0.1, 0.15) is 0 Å². The second-order valence-corrected chi connectivity index (χ2v) is 9.97. The van der Waals surface area contributed by atoms with Crippen LogP contribution in [-0.4, -0.2) is 26.9 Å². The van der Waals surface area contributed by atoms with Gasteiger partial charge in [-0.25, -0.2) is 17.9 Å². The van der Waals surface area contributed by atoms with Crippen molar-refractivity contribution in [1.82, 2.24) is 10.0 Å². The van der Waals surface area contributed by atoms with Crippen LogP contribution in [0.3, 0.4) is 0 Å². The maximum atomic E-state index is 12.6. The molecular weight excluding hydrogens is 452 g/mol. The van der Waals surface area contributed by atoms with E-state index in [-0.39, 0.29) is 23.0 Å². The van der Waals surface area contributed by atoms with Crippen molar-refractivity contribution >= 4 is 21.9 Å².